The number of rotatable bonds is 6. The summed E-state index contributed by atoms with van der Waals surface area (Å²) in [6.07, 6.45) is 1.63. The minimum atomic E-state index is -0.433. The SMILES string of the molecule is O=C(Cc1ccccc1)NCC(=O)N/N=C/c1ccc(Cl)cc1Cl. The average Bonchev–Trinajstić information content (AvgIpc) is 2.56. The van der Waals surface area contributed by atoms with E-state index in [2.05, 4.69) is 15.8 Å². The predicted octanol–water partition coefficient (Wildman–Crippen LogP) is 2.80. The van der Waals surface area contributed by atoms with Crippen molar-refractivity contribution in [3.05, 3.63) is 69.7 Å². The second kappa shape index (κ2) is 9.05. The lowest BCUT2D eigenvalue weighted by Gasteiger charge is -2.04. The Morgan fingerprint density at radius 1 is 1.04 bits per heavy atom. The lowest BCUT2D eigenvalue weighted by atomic mass is 10.1. The third kappa shape index (κ3) is 6.02. The number of hydrogen-bond acceptors (Lipinski definition) is 3. The van der Waals surface area contributed by atoms with E-state index in [9.17, 15) is 9.59 Å². The van der Waals surface area contributed by atoms with Gasteiger partial charge in [0.1, 0.15) is 0 Å². The molecule has 0 heterocycles. The molecule has 2 aromatic rings. The Bertz CT molecular complexity index is 749. The molecule has 5 nitrogen and oxygen atoms in total. The first-order chi connectivity index (χ1) is 11.5. The predicted molar refractivity (Wildman–Crippen MR) is 95.4 cm³/mol. The molecule has 2 rings (SSSR count). The van der Waals surface area contributed by atoms with Crippen LogP contribution in [0.2, 0.25) is 10.0 Å². The molecule has 0 unspecified atom stereocenters. The van der Waals surface area contributed by atoms with Gasteiger partial charge in [-0.15, -0.1) is 0 Å². The van der Waals surface area contributed by atoms with Gasteiger partial charge in [-0.05, 0) is 17.7 Å². The number of nitrogens with one attached hydrogen (secondary N) is 2. The van der Waals surface area contributed by atoms with Crippen LogP contribution in [-0.2, 0) is 16.0 Å². The molecule has 0 aliphatic rings. The molecule has 2 amide bonds. The van der Waals surface area contributed by atoms with Gasteiger partial charge in [-0.25, -0.2) is 5.43 Å². The van der Waals surface area contributed by atoms with Crippen molar-refractivity contribution in [2.45, 2.75) is 6.42 Å². The van der Waals surface area contributed by atoms with Crippen molar-refractivity contribution in [1.82, 2.24) is 10.7 Å². The minimum absolute atomic E-state index is 0.155. The summed E-state index contributed by atoms with van der Waals surface area (Å²) in [6, 6.07) is 14.2. The smallest absolute Gasteiger partial charge is 0.259 e. The molecular formula is C17H15Cl2N3O2. The summed E-state index contributed by atoms with van der Waals surface area (Å²) in [5.74, 6) is -0.668. The van der Waals surface area contributed by atoms with Crippen LogP contribution in [0.5, 0.6) is 0 Å². The highest BCUT2D eigenvalue weighted by molar-refractivity contribution is 6.36. The van der Waals surface area contributed by atoms with Gasteiger partial charge < -0.3 is 5.32 Å². The van der Waals surface area contributed by atoms with Crippen molar-refractivity contribution in [3.63, 3.8) is 0 Å². The minimum Gasteiger partial charge on any atom is -0.347 e. The molecule has 2 N–H and O–H groups in total. The first-order valence-electron chi connectivity index (χ1n) is 7.12. The van der Waals surface area contributed by atoms with Gasteiger partial charge in [-0.1, -0.05) is 59.6 Å². The zero-order valence-corrected chi connectivity index (χ0v) is 14.1. The monoisotopic (exact) mass is 363 g/mol. The summed E-state index contributed by atoms with van der Waals surface area (Å²) >= 11 is 11.8. The summed E-state index contributed by atoms with van der Waals surface area (Å²) in [5.41, 5.74) is 3.82. The third-order valence-corrected chi connectivity index (χ3v) is 3.57. The molecule has 0 atom stereocenters. The van der Waals surface area contributed by atoms with Crippen LogP contribution in [0.15, 0.2) is 53.6 Å². The van der Waals surface area contributed by atoms with E-state index in [-0.39, 0.29) is 18.9 Å². The maximum absolute atomic E-state index is 11.7. The average molecular weight is 364 g/mol. The Morgan fingerprint density at radius 2 is 1.79 bits per heavy atom. The van der Waals surface area contributed by atoms with Crippen LogP contribution in [0.3, 0.4) is 0 Å². The highest BCUT2D eigenvalue weighted by Crippen LogP contribution is 2.19. The Labute approximate surface area is 149 Å². The first-order valence-corrected chi connectivity index (χ1v) is 7.88. The Balaban J connectivity index is 1.75. The Kier molecular flexibility index (Phi) is 6.78. The van der Waals surface area contributed by atoms with Crippen molar-refractivity contribution in [1.29, 1.82) is 0 Å². The van der Waals surface area contributed by atoms with Crippen LogP contribution in [-0.4, -0.2) is 24.6 Å². The summed E-state index contributed by atoms with van der Waals surface area (Å²) in [7, 11) is 0. The highest BCUT2D eigenvalue weighted by atomic mass is 35.5. The summed E-state index contributed by atoms with van der Waals surface area (Å²) in [6.45, 7) is -0.155. The second-order valence-corrected chi connectivity index (χ2v) is 5.74. The van der Waals surface area contributed by atoms with Crippen molar-refractivity contribution in [2.75, 3.05) is 6.54 Å². The molecule has 0 saturated carbocycles. The zero-order valence-electron chi connectivity index (χ0n) is 12.6. The molecule has 0 aliphatic heterocycles. The van der Waals surface area contributed by atoms with E-state index in [4.69, 9.17) is 23.2 Å². The largest absolute Gasteiger partial charge is 0.347 e. The van der Waals surface area contributed by atoms with Crippen molar-refractivity contribution in [2.24, 2.45) is 5.10 Å². The third-order valence-electron chi connectivity index (χ3n) is 3.01. The number of hydrazone groups is 1. The second-order valence-electron chi connectivity index (χ2n) is 4.90. The number of hydrogen-bond donors (Lipinski definition) is 2. The van der Waals surface area contributed by atoms with E-state index in [0.29, 0.717) is 15.6 Å². The van der Waals surface area contributed by atoms with Crippen LogP contribution in [0.1, 0.15) is 11.1 Å². The van der Waals surface area contributed by atoms with E-state index < -0.39 is 5.91 Å². The molecule has 0 fully saturated rings. The van der Waals surface area contributed by atoms with Crippen molar-refractivity contribution in [3.8, 4) is 0 Å². The van der Waals surface area contributed by atoms with Gasteiger partial charge >= 0.3 is 0 Å². The molecule has 0 aliphatic carbocycles. The standard InChI is InChI=1S/C17H15Cl2N3O2/c18-14-7-6-13(15(19)9-14)10-21-22-17(24)11-20-16(23)8-12-4-2-1-3-5-12/h1-7,9-10H,8,11H2,(H,20,23)(H,22,24)/b21-10+. The van der Waals surface area contributed by atoms with Crippen LogP contribution in [0.4, 0.5) is 0 Å². The zero-order chi connectivity index (χ0) is 17.4. The van der Waals surface area contributed by atoms with Crippen LogP contribution < -0.4 is 10.7 Å². The van der Waals surface area contributed by atoms with Gasteiger partial charge in [-0.3, -0.25) is 9.59 Å². The van der Waals surface area contributed by atoms with E-state index in [0.717, 1.165) is 5.56 Å². The summed E-state index contributed by atoms with van der Waals surface area (Å²) in [5, 5.41) is 7.26. The molecule has 7 heteroatoms. The van der Waals surface area contributed by atoms with E-state index in [1.807, 2.05) is 30.3 Å². The van der Waals surface area contributed by atoms with Gasteiger partial charge in [0.05, 0.1) is 24.2 Å². The number of carbonyl (C=O) groups is 2. The molecule has 0 bridgehead atoms. The lowest BCUT2D eigenvalue weighted by Crippen LogP contribution is -2.35. The van der Waals surface area contributed by atoms with Crippen molar-refractivity contribution >= 4 is 41.2 Å². The van der Waals surface area contributed by atoms with Gasteiger partial charge in [0, 0.05) is 10.6 Å². The first kappa shape index (κ1) is 18.0. The molecule has 2 aromatic carbocycles. The Morgan fingerprint density at radius 3 is 2.50 bits per heavy atom. The fourth-order valence-corrected chi connectivity index (χ4v) is 2.30. The summed E-state index contributed by atoms with van der Waals surface area (Å²) in [4.78, 5) is 23.4. The fraction of sp³-hybridized carbons (Fsp3) is 0.118. The molecule has 0 spiro atoms. The number of benzene rings is 2. The lowest BCUT2D eigenvalue weighted by molar-refractivity contribution is -0.125. The summed E-state index contributed by atoms with van der Waals surface area (Å²) < 4.78 is 0. The molecule has 0 radical (unpaired) electrons. The van der Waals surface area contributed by atoms with E-state index in [1.54, 1.807) is 18.2 Å². The van der Waals surface area contributed by atoms with Crippen LogP contribution >= 0.6 is 23.2 Å². The number of carbonyl (C=O) groups excluding carboxylic acids is 2. The molecule has 124 valence electrons. The van der Waals surface area contributed by atoms with Gasteiger partial charge in [0.15, 0.2) is 0 Å². The molecular weight excluding hydrogens is 349 g/mol. The number of nitrogens with zero attached hydrogens (tertiary/aromatic N) is 1. The fourth-order valence-electron chi connectivity index (χ4n) is 1.84. The van der Waals surface area contributed by atoms with Gasteiger partial charge in [0.2, 0.25) is 5.91 Å². The molecule has 24 heavy (non-hydrogen) atoms. The quantitative estimate of drug-likeness (QED) is 0.611. The highest BCUT2D eigenvalue weighted by Gasteiger charge is 2.05. The van der Waals surface area contributed by atoms with Crippen LogP contribution in [0, 0.1) is 0 Å². The maximum atomic E-state index is 11.7. The molecule has 0 aromatic heterocycles. The van der Waals surface area contributed by atoms with Gasteiger partial charge in [0.25, 0.3) is 5.91 Å². The normalized spacial score (nSPS) is 10.6. The van der Waals surface area contributed by atoms with Crippen molar-refractivity contribution < 1.29 is 9.59 Å². The van der Waals surface area contributed by atoms with Crippen LogP contribution in [0.25, 0.3) is 0 Å². The number of halogens is 2. The van der Waals surface area contributed by atoms with E-state index >= 15 is 0 Å². The maximum Gasteiger partial charge on any atom is 0.259 e. The number of amides is 2. The topological polar surface area (TPSA) is 70.6 Å². The van der Waals surface area contributed by atoms with E-state index in [1.165, 1.54) is 6.21 Å². The van der Waals surface area contributed by atoms with Gasteiger partial charge in [-0.2, -0.15) is 5.10 Å². The Hall–Kier alpha value is -2.37. The molecule has 0 saturated heterocycles.